The summed E-state index contributed by atoms with van der Waals surface area (Å²) >= 11 is 3.31. The van der Waals surface area contributed by atoms with Crippen LogP contribution in [0.2, 0.25) is 0 Å². The van der Waals surface area contributed by atoms with Crippen molar-refractivity contribution >= 4 is 22.7 Å². The van der Waals surface area contributed by atoms with E-state index in [4.69, 9.17) is 5.73 Å². The molecule has 5 heteroatoms. The molecule has 3 rings (SSSR count). The zero-order valence-corrected chi connectivity index (χ0v) is 10.5. The van der Waals surface area contributed by atoms with E-state index in [-0.39, 0.29) is 5.54 Å². The normalized spacial score (nSPS) is 19.1. The molecule has 0 spiro atoms. The van der Waals surface area contributed by atoms with Gasteiger partial charge in [-0.15, -0.1) is 22.7 Å². The molecule has 0 radical (unpaired) electrons. The van der Waals surface area contributed by atoms with Gasteiger partial charge in [0.1, 0.15) is 5.01 Å². The predicted octanol–water partition coefficient (Wildman–Crippen LogP) is 2.99. The first-order valence-electron chi connectivity index (χ1n) is 5.42. The number of nitrogens with zero attached hydrogens (tertiary/aromatic N) is 2. The van der Waals surface area contributed by atoms with Crippen LogP contribution < -0.4 is 5.73 Å². The average Bonchev–Trinajstić information content (AvgIpc) is 2.98. The Balaban J connectivity index is 1.93. The van der Waals surface area contributed by atoms with E-state index in [0.717, 1.165) is 28.4 Å². The standard InChI is InChI=1S/C11H13N3S2/c12-11(3-1-2-4-11)10-14-8(6-15-10)9-5-13-7-16-9/h5-7H,1-4,12H2. The lowest BCUT2D eigenvalue weighted by Gasteiger charge is -2.19. The summed E-state index contributed by atoms with van der Waals surface area (Å²) < 4.78 is 0. The van der Waals surface area contributed by atoms with E-state index in [2.05, 4.69) is 15.3 Å². The minimum absolute atomic E-state index is 0.159. The van der Waals surface area contributed by atoms with Crippen molar-refractivity contribution in [3.05, 3.63) is 22.1 Å². The lowest BCUT2D eigenvalue weighted by atomic mass is 10.0. The number of thiazole rings is 2. The predicted molar refractivity (Wildman–Crippen MR) is 67.6 cm³/mol. The molecule has 84 valence electrons. The van der Waals surface area contributed by atoms with Crippen molar-refractivity contribution < 1.29 is 0 Å². The van der Waals surface area contributed by atoms with Crippen LogP contribution >= 0.6 is 22.7 Å². The van der Waals surface area contributed by atoms with Crippen LogP contribution in [0.1, 0.15) is 30.7 Å². The highest BCUT2D eigenvalue weighted by molar-refractivity contribution is 7.14. The largest absolute Gasteiger partial charge is 0.319 e. The van der Waals surface area contributed by atoms with Gasteiger partial charge in [-0.3, -0.25) is 4.98 Å². The highest BCUT2D eigenvalue weighted by atomic mass is 32.1. The van der Waals surface area contributed by atoms with Gasteiger partial charge in [0.2, 0.25) is 0 Å². The second-order valence-electron chi connectivity index (χ2n) is 4.27. The van der Waals surface area contributed by atoms with Crippen molar-refractivity contribution in [1.82, 2.24) is 9.97 Å². The lowest BCUT2D eigenvalue weighted by Crippen LogP contribution is -2.32. The van der Waals surface area contributed by atoms with Gasteiger partial charge in [-0.05, 0) is 12.8 Å². The van der Waals surface area contributed by atoms with Crippen LogP contribution in [-0.4, -0.2) is 9.97 Å². The Morgan fingerprint density at radius 1 is 1.25 bits per heavy atom. The average molecular weight is 251 g/mol. The molecule has 2 aromatic heterocycles. The smallest absolute Gasteiger partial charge is 0.113 e. The van der Waals surface area contributed by atoms with Gasteiger partial charge in [0.15, 0.2) is 0 Å². The van der Waals surface area contributed by atoms with E-state index in [1.54, 1.807) is 22.7 Å². The molecule has 1 aliphatic rings. The van der Waals surface area contributed by atoms with Crippen LogP contribution in [-0.2, 0) is 5.54 Å². The summed E-state index contributed by atoms with van der Waals surface area (Å²) in [5, 5.41) is 3.18. The molecule has 0 amide bonds. The van der Waals surface area contributed by atoms with Crippen LogP contribution in [0.5, 0.6) is 0 Å². The molecule has 0 unspecified atom stereocenters. The summed E-state index contributed by atoms with van der Waals surface area (Å²) in [6.45, 7) is 0. The van der Waals surface area contributed by atoms with Crippen molar-refractivity contribution in [2.24, 2.45) is 5.73 Å². The first-order valence-corrected chi connectivity index (χ1v) is 7.18. The van der Waals surface area contributed by atoms with Gasteiger partial charge in [-0.2, -0.15) is 0 Å². The first kappa shape index (κ1) is 10.4. The summed E-state index contributed by atoms with van der Waals surface area (Å²) in [6, 6.07) is 0. The van der Waals surface area contributed by atoms with Crippen molar-refractivity contribution in [1.29, 1.82) is 0 Å². The minimum atomic E-state index is -0.159. The van der Waals surface area contributed by atoms with Gasteiger partial charge in [-0.25, -0.2) is 4.98 Å². The SMILES string of the molecule is NC1(c2nc(-c3cncs3)cs2)CCCC1. The first-order chi connectivity index (χ1) is 7.78. The minimum Gasteiger partial charge on any atom is -0.319 e. The Morgan fingerprint density at radius 3 is 2.75 bits per heavy atom. The number of hydrogen-bond acceptors (Lipinski definition) is 5. The molecular formula is C11H13N3S2. The maximum Gasteiger partial charge on any atom is 0.113 e. The Kier molecular flexibility index (Phi) is 2.53. The van der Waals surface area contributed by atoms with E-state index in [1.165, 1.54) is 12.8 Å². The molecule has 1 aliphatic carbocycles. The van der Waals surface area contributed by atoms with Gasteiger partial charge in [0.25, 0.3) is 0 Å². The van der Waals surface area contributed by atoms with Crippen LogP contribution in [0.25, 0.3) is 10.6 Å². The van der Waals surface area contributed by atoms with Gasteiger partial charge in [0.05, 0.1) is 21.6 Å². The molecule has 0 bridgehead atoms. The molecule has 1 saturated carbocycles. The summed E-state index contributed by atoms with van der Waals surface area (Å²) in [5.41, 5.74) is 9.09. The Bertz CT molecular complexity index is 469. The molecule has 0 atom stereocenters. The number of aromatic nitrogens is 2. The lowest BCUT2D eigenvalue weighted by molar-refractivity contribution is 0.459. The third-order valence-electron chi connectivity index (χ3n) is 3.11. The summed E-state index contributed by atoms with van der Waals surface area (Å²) in [7, 11) is 0. The molecular weight excluding hydrogens is 238 g/mol. The Labute approximate surface area is 102 Å². The third kappa shape index (κ3) is 1.69. The number of hydrogen-bond donors (Lipinski definition) is 1. The monoisotopic (exact) mass is 251 g/mol. The highest BCUT2D eigenvalue weighted by Crippen LogP contribution is 2.39. The van der Waals surface area contributed by atoms with Crippen molar-refractivity contribution in [3.63, 3.8) is 0 Å². The van der Waals surface area contributed by atoms with Gasteiger partial charge in [0, 0.05) is 11.6 Å². The number of nitrogens with two attached hydrogens (primary N) is 1. The molecule has 0 aliphatic heterocycles. The van der Waals surface area contributed by atoms with Crippen LogP contribution in [0.15, 0.2) is 17.1 Å². The van der Waals surface area contributed by atoms with Crippen molar-refractivity contribution in [2.45, 2.75) is 31.2 Å². The van der Waals surface area contributed by atoms with Crippen LogP contribution in [0, 0.1) is 0 Å². The fourth-order valence-corrected chi connectivity index (χ4v) is 3.83. The fourth-order valence-electron chi connectivity index (χ4n) is 2.18. The third-order valence-corrected chi connectivity index (χ3v) is 4.97. The molecule has 16 heavy (non-hydrogen) atoms. The summed E-state index contributed by atoms with van der Waals surface area (Å²) in [6.07, 6.45) is 6.46. The second-order valence-corrected chi connectivity index (χ2v) is 6.01. The molecule has 3 nitrogen and oxygen atoms in total. The summed E-state index contributed by atoms with van der Waals surface area (Å²) in [4.78, 5) is 9.87. The van der Waals surface area contributed by atoms with E-state index in [0.29, 0.717) is 0 Å². The maximum absolute atomic E-state index is 6.38. The summed E-state index contributed by atoms with van der Waals surface area (Å²) in [5.74, 6) is 0. The fraction of sp³-hybridized carbons (Fsp3) is 0.455. The Morgan fingerprint density at radius 2 is 2.06 bits per heavy atom. The van der Waals surface area contributed by atoms with Crippen LogP contribution in [0.3, 0.4) is 0 Å². The van der Waals surface area contributed by atoms with Crippen LogP contribution in [0.4, 0.5) is 0 Å². The zero-order chi connectivity index (χ0) is 11.0. The molecule has 2 N–H and O–H groups in total. The molecule has 0 aromatic carbocycles. The molecule has 2 heterocycles. The highest BCUT2D eigenvalue weighted by Gasteiger charge is 2.34. The van der Waals surface area contributed by atoms with E-state index in [9.17, 15) is 0 Å². The molecule has 2 aromatic rings. The van der Waals surface area contributed by atoms with Crippen molar-refractivity contribution in [3.8, 4) is 10.6 Å². The quantitative estimate of drug-likeness (QED) is 0.892. The molecule has 0 saturated heterocycles. The van der Waals surface area contributed by atoms with E-state index >= 15 is 0 Å². The topological polar surface area (TPSA) is 51.8 Å². The zero-order valence-electron chi connectivity index (χ0n) is 8.85. The van der Waals surface area contributed by atoms with Gasteiger partial charge < -0.3 is 5.73 Å². The van der Waals surface area contributed by atoms with Gasteiger partial charge in [-0.1, -0.05) is 12.8 Å². The van der Waals surface area contributed by atoms with Gasteiger partial charge >= 0.3 is 0 Å². The molecule has 1 fully saturated rings. The van der Waals surface area contributed by atoms with Crippen molar-refractivity contribution in [2.75, 3.05) is 0 Å². The second kappa shape index (κ2) is 3.91. The number of rotatable bonds is 2. The maximum atomic E-state index is 6.38. The van der Waals surface area contributed by atoms with E-state index in [1.807, 2.05) is 11.7 Å². The Hall–Kier alpha value is -0.780. The van der Waals surface area contributed by atoms with E-state index < -0.39 is 0 Å².